The summed E-state index contributed by atoms with van der Waals surface area (Å²) in [7, 11) is -2.21. The fraction of sp³-hybridized carbons (Fsp3) is 0.429. The van der Waals surface area contributed by atoms with E-state index in [9.17, 15) is 8.42 Å². The van der Waals surface area contributed by atoms with E-state index in [0.29, 0.717) is 16.7 Å². The first-order valence-electron chi connectivity index (χ1n) is 6.74. The van der Waals surface area contributed by atoms with Crippen molar-refractivity contribution in [2.24, 2.45) is 0 Å². The topological polar surface area (TPSA) is 81.4 Å². The van der Waals surface area contributed by atoms with Crippen LogP contribution in [0.15, 0.2) is 33.2 Å². The van der Waals surface area contributed by atoms with Crippen molar-refractivity contribution in [2.75, 3.05) is 19.4 Å². The van der Waals surface area contributed by atoms with E-state index < -0.39 is 10.0 Å². The molecule has 0 aliphatic heterocycles. The van der Waals surface area contributed by atoms with Crippen molar-refractivity contribution in [3.63, 3.8) is 0 Å². The second-order valence-electron chi connectivity index (χ2n) is 4.93. The third-order valence-electron chi connectivity index (χ3n) is 3.45. The molecule has 0 unspecified atom stereocenters. The minimum atomic E-state index is -3.64. The number of nitrogen functional groups attached to an aromatic ring is 1. The van der Waals surface area contributed by atoms with Gasteiger partial charge in [-0.1, -0.05) is 11.6 Å². The van der Waals surface area contributed by atoms with Gasteiger partial charge in [0.05, 0.1) is 7.11 Å². The summed E-state index contributed by atoms with van der Waals surface area (Å²) < 4.78 is 33.1. The Morgan fingerprint density at radius 3 is 2.81 bits per heavy atom. The van der Waals surface area contributed by atoms with Gasteiger partial charge in [0.2, 0.25) is 10.0 Å². The maximum atomic E-state index is 12.4. The predicted octanol–water partition coefficient (Wildman–Crippen LogP) is 2.82. The largest absolute Gasteiger partial charge is 0.495 e. The lowest BCUT2D eigenvalue weighted by molar-refractivity contribution is 0.402. The summed E-state index contributed by atoms with van der Waals surface area (Å²) in [6.07, 6.45) is 6.26. The third-order valence-corrected chi connectivity index (χ3v) is 5.61. The van der Waals surface area contributed by atoms with Crippen molar-refractivity contribution < 1.29 is 13.2 Å². The Morgan fingerprint density at radius 1 is 1.43 bits per heavy atom. The van der Waals surface area contributed by atoms with Gasteiger partial charge >= 0.3 is 0 Å². The van der Waals surface area contributed by atoms with Crippen LogP contribution in [0.2, 0.25) is 0 Å². The summed E-state index contributed by atoms with van der Waals surface area (Å²) in [6.45, 7) is 0.382. The van der Waals surface area contributed by atoms with Crippen LogP contribution < -0.4 is 15.2 Å². The molecule has 0 radical (unpaired) electrons. The second kappa shape index (κ2) is 6.81. The number of anilines is 1. The number of benzene rings is 1. The van der Waals surface area contributed by atoms with Crippen molar-refractivity contribution >= 4 is 31.6 Å². The summed E-state index contributed by atoms with van der Waals surface area (Å²) in [5, 5.41) is 0. The molecular weight excluding hydrogens is 356 g/mol. The number of hydrogen-bond donors (Lipinski definition) is 2. The Labute approximate surface area is 133 Å². The highest BCUT2D eigenvalue weighted by atomic mass is 79.9. The maximum absolute atomic E-state index is 12.4. The van der Waals surface area contributed by atoms with Crippen LogP contribution in [-0.4, -0.2) is 22.1 Å². The molecule has 0 aromatic heterocycles. The molecule has 5 nitrogen and oxygen atoms in total. The highest BCUT2D eigenvalue weighted by Crippen LogP contribution is 2.32. The summed E-state index contributed by atoms with van der Waals surface area (Å²) in [6, 6.07) is 2.96. The first-order chi connectivity index (χ1) is 9.94. The minimum Gasteiger partial charge on any atom is -0.495 e. The molecule has 0 saturated heterocycles. The van der Waals surface area contributed by atoms with Crippen LogP contribution in [0, 0.1) is 0 Å². The van der Waals surface area contributed by atoms with Gasteiger partial charge in [-0.05, 0) is 53.7 Å². The molecule has 0 spiro atoms. The molecule has 7 heteroatoms. The zero-order chi connectivity index (χ0) is 15.5. The van der Waals surface area contributed by atoms with Crippen molar-refractivity contribution in [3.8, 4) is 5.75 Å². The number of hydrogen-bond acceptors (Lipinski definition) is 4. The smallest absolute Gasteiger partial charge is 0.244 e. The molecule has 0 heterocycles. The monoisotopic (exact) mass is 374 g/mol. The van der Waals surface area contributed by atoms with Crippen LogP contribution in [0.4, 0.5) is 5.69 Å². The van der Waals surface area contributed by atoms with Gasteiger partial charge in [-0.3, -0.25) is 0 Å². The van der Waals surface area contributed by atoms with E-state index >= 15 is 0 Å². The van der Waals surface area contributed by atoms with E-state index in [4.69, 9.17) is 10.5 Å². The van der Waals surface area contributed by atoms with Crippen LogP contribution in [0.25, 0.3) is 0 Å². The molecule has 116 valence electrons. The number of halogens is 1. The molecule has 21 heavy (non-hydrogen) atoms. The van der Waals surface area contributed by atoms with Crippen LogP contribution in [0.3, 0.4) is 0 Å². The van der Waals surface area contributed by atoms with E-state index in [1.54, 1.807) is 6.07 Å². The number of sulfonamides is 1. The van der Waals surface area contributed by atoms with Crippen LogP contribution in [0.5, 0.6) is 5.75 Å². The van der Waals surface area contributed by atoms with Gasteiger partial charge < -0.3 is 10.5 Å². The number of methoxy groups -OCH3 is 1. The van der Waals surface area contributed by atoms with Crippen molar-refractivity contribution in [3.05, 3.63) is 28.3 Å². The van der Waals surface area contributed by atoms with Gasteiger partial charge in [0, 0.05) is 16.7 Å². The van der Waals surface area contributed by atoms with Gasteiger partial charge in [-0.25, -0.2) is 13.1 Å². The summed E-state index contributed by atoms with van der Waals surface area (Å²) in [5.74, 6) is 0.267. The van der Waals surface area contributed by atoms with E-state index in [1.807, 2.05) is 0 Å². The quantitative estimate of drug-likeness (QED) is 0.592. The molecule has 0 fully saturated rings. The highest BCUT2D eigenvalue weighted by molar-refractivity contribution is 9.10. The summed E-state index contributed by atoms with van der Waals surface area (Å²) >= 11 is 3.26. The Kier molecular flexibility index (Phi) is 5.29. The molecule has 1 aromatic rings. The molecule has 0 bridgehead atoms. The molecule has 0 amide bonds. The molecule has 0 atom stereocenters. The number of rotatable bonds is 6. The second-order valence-corrected chi connectivity index (χ2v) is 7.52. The molecule has 3 N–H and O–H groups in total. The molecule has 0 saturated carbocycles. The third kappa shape index (κ3) is 3.99. The van der Waals surface area contributed by atoms with E-state index in [0.717, 1.165) is 19.3 Å². The lowest BCUT2D eigenvalue weighted by Crippen LogP contribution is -2.25. The minimum absolute atomic E-state index is 0.0612. The van der Waals surface area contributed by atoms with Gasteiger partial charge in [0.1, 0.15) is 10.6 Å². The Balaban J connectivity index is 2.13. The van der Waals surface area contributed by atoms with E-state index in [1.165, 1.54) is 25.2 Å². The van der Waals surface area contributed by atoms with Gasteiger partial charge in [0.15, 0.2) is 0 Å². The van der Waals surface area contributed by atoms with E-state index in [-0.39, 0.29) is 10.6 Å². The zero-order valence-electron chi connectivity index (χ0n) is 11.9. The Hall–Kier alpha value is -1.05. The van der Waals surface area contributed by atoms with Crippen LogP contribution in [0.1, 0.15) is 25.7 Å². The standard InChI is InChI=1S/C14H19BrN2O3S/c1-20-13-8-11(15)12(16)9-14(13)21(18,19)17-7-6-10-4-2-3-5-10/h4,8-9,17H,2-3,5-7,16H2,1H3. The summed E-state index contributed by atoms with van der Waals surface area (Å²) in [4.78, 5) is 0.0612. The lowest BCUT2D eigenvalue weighted by atomic mass is 10.2. The average molecular weight is 375 g/mol. The normalized spacial score (nSPS) is 15.0. The first kappa shape index (κ1) is 16.3. The molecule has 1 aromatic carbocycles. The van der Waals surface area contributed by atoms with Gasteiger partial charge in [-0.2, -0.15) is 0 Å². The number of allylic oxidation sites excluding steroid dienone is 1. The SMILES string of the molecule is COc1cc(Br)c(N)cc1S(=O)(=O)NCCC1=CCCC1. The number of nitrogens with two attached hydrogens (primary N) is 1. The first-order valence-corrected chi connectivity index (χ1v) is 9.02. The molecule has 1 aliphatic carbocycles. The molecular formula is C14H19BrN2O3S. The number of nitrogens with one attached hydrogen (secondary N) is 1. The molecule has 2 rings (SSSR count). The zero-order valence-corrected chi connectivity index (χ0v) is 14.3. The van der Waals surface area contributed by atoms with Crippen LogP contribution in [-0.2, 0) is 10.0 Å². The number of ether oxygens (including phenoxy) is 1. The molecule has 1 aliphatic rings. The fourth-order valence-corrected chi connectivity index (χ4v) is 3.85. The lowest BCUT2D eigenvalue weighted by Gasteiger charge is -2.12. The maximum Gasteiger partial charge on any atom is 0.244 e. The Bertz CT molecular complexity index is 656. The van der Waals surface area contributed by atoms with Gasteiger partial charge in [0.25, 0.3) is 0 Å². The predicted molar refractivity (Wildman–Crippen MR) is 86.8 cm³/mol. The van der Waals surface area contributed by atoms with Crippen molar-refractivity contribution in [2.45, 2.75) is 30.6 Å². The van der Waals surface area contributed by atoms with Crippen LogP contribution >= 0.6 is 15.9 Å². The Morgan fingerprint density at radius 2 is 2.19 bits per heavy atom. The highest BCUT2D eigenvalue weighted by Gasteiger charge is 2.21. The summed E-state index contributed by atoms with van der Waals surface area (Å²) in [5.41, 5.74) is 7.44. The van der Waals surface area contributed by atoms with Crippen molar-refractivity contribution in [1.29, 1.82) is 0 Å². The van der Waals surface area contributed by atoms with Gasteiger partial charge in [-0.15, -0.1) is 0 Å². The van der Waals surface area contributed by atoms with E-state index in [2.05, 4.69) is 26.7 Å². The van der Waals surface area contributed by atoms with Crippen molar-refractivity contribution in [1.82, 2.24) is 4.72 Å². The average Bonchev–Trinajstić information content (AvgIpc) is 2.94. The fourth-order valence-electron chi connectivity index (χ4n) is 2.31.